The summed E-state index contributed by atoms with van der Waals surface area (Å²) in [6.45, 7) is 1.69. The molecular formula is C22H22FN3O3. The molecule has 2 aromatic heterocycles. The van der Waals surface area contributed by atoms with Gasteiger partial charge in [-0.2, -0.15) is 0 Å². The zero-order chi connectivity index (χ0) is 20.2. The van der Waals surface area contributed by atoms with Gasteiger partial charge in [0, 0.05) is 25.4 Å². The van der Waals surface area contributed by atoms with Gasteiger partial charge in [0.1, 0.15) is 24.0 Å². The number of ether oxygens (including phenoxy) is 1. The summed E-state index contributed by atoms with van der Waals surface area (Å²) < 4.78 is 20.1. The summed E-state index contributed by atoms with van der Waals surface area (Å²) in [5, 5.41) is 9.82. The fourth-order valence-corrected chi connectivity index (χ4v) is 3.38. The Bertz CT molecular complexity index is 1020. The molecule has 1 saturated heterocycles. The van der Waals surface area contributed by atoms with E-state index in [2.05, 4.69) is 4.98 Å². The number of benzene rings is 1. The molecule has 29 heavy (non-hydrogen) atoms. The van der Waals surface area contributed by atoms with Crippen LogP contribution in [0.25, 0.3) is 5.69 Å². The van der Waals surface area contributed by atoms with E-state index in [9.17, 15) is 14.3 Å². The van der Waals surface area contributed by atoms with Crippen LogP contribution in [0.15, 0.2) is 65.7 Å². The Labute approximate surface area is 167 Å². The summed E-state index contributed by atoms with van der Waals surface area (Å²) in [4.78, 5) is 19.0. The lowest BCUT2D eigenvalue weighted by Crippen LogP contribution is -2.38. The van der Waals surface area contributed by atoms with E-state index >= 15 is 0 Å². The number of halogens is 1. The minimum absolute atomic E-state index is 0.232. The topological polar surface area (TPSA) is 67.6 Å². The van der Waals surface area contributed by atoms with Crippen molar-refractivity contribution in [2.75, 3.05) is 18.0 Å². The first-order valence-electron chi connectivity index (χ1n) is 9.58. The number of pyridine rings is 2. The van der Waals surface area contributed by atoms with Crippen LogP contribution in [-0.2, 0) is 6.61 Å². The molecule has 0 amide bonds. The van der Waals surface area contributed by atoms with Gasteiger partial charge in [0.25, 0.3) is 5.56 Å². The zero-order valence-corrected chi connectivity index (χ0v) is 15.9. The van der Waals surface area contributed by atoms with Crippen molar-refractivity contribution in [2.45, 2.75) is 25.6 Å². The number of aliphatic hydroxyl groups is 1. The average molecular weight is 395 g/mol. The summed E-state index contributed by atoms with van der Waals surface area (Å²) in [5.74, 6) is 0.940. The standard InChI is InChI=1S/C22H22FN3O3/c23-17-5-3-16(4-6-17)15-29-20-9-11-26(22(28)12-20)18-7-8-21(24-13-18)25-10-1-2-19(27)14-25/h3-9,11-13,19,27H,1-2,10,14-15H2/t19-/m1/s1. The van der Waals surface area contributed by atoms with E-state index in [1.165, 1.54) is 22.8 Å². The first-order chi connectivity index (χ1) is 14.1. The van der Waals surface area contributed by atoms with Crippen LogP contribution in [0, 0.1) is 5.82 Å². The average Bonchev–Trinajstić information content (AvgIpc) is 2.74. The summed E-state index contributed by atoms with van der Waals surface area (Å²) in [5.41, 5.74) is 1.24. The van der Waals surface area contributed by atoms with Crippen LogP contribution < -0.4 is 15.2 Å². The van der Waals surface area contributed by atoms with Crippen molar-refractivity contribution in [2.24, 2.45) is 0 Å². The highest BCUT2D eigenvalue weighted by Crippen LogP contribution is 2.19. The molecule has 0 aliphatic carbocycles. The molecule has 7 heteroatoms. The molecule has 6 nitrogen and oxygen atoms in total. The first-order valence-corrected chi connectivity index (χ1v) is 9.58. The fourth-order valence-electron chi connectivity index (χ4n) is 3.38. The molecule has 1 fully saturated rings. The molecule has 150 valence electrons. The molecule has 3 aromatic rings. The van der Waals surface area contributed by atoms with Gasteiger partial charge in [-0.05, 0) is 48.7 Å². The lowest BCUT2D eigenvalue weighted by molar-refractivity contribution is 0.154. The predicted molar refractivity (Wildman–Crippen MR) is 108 cm³/mol. The van der Waals surface area contributed by atoms with Gasteiger partial charge in [-0.3, -0.25) is 9.36 Å². The van der Waals surface area contributed by atoms with Crippen LogP contribution in [-0.4, -0.2) is 33.9 Å². The predicted octanol–water partition coefficient (Wildman–Crippen LogP) is 2.91. The molecule has 3 heterocycles. The normalized spacial score (nSPS) is 16.6. The number of piperidine rings is 1. The largest absolute Gasteiger partial charge is 0.489 e. The van der Waals surface area contributed by atoms with Crippen LogP contribution in [0.2, 0.25) is 0 Å². The molecular weight excluding hydrogens is 373 g/mol. The number of nitrogens with zero attached hydrogens (tertiary/aromatic N) is 3. The minimum atomic E-state index is -0.324. The van der Waals surface area contributed by atoms with Crippen LogP contribution in [0.4, 0.5) is 10.2 Å². The number of hydrogen-bond acceptors (Lipinski definition) is 5. The van der Waals surface area contributed by atoms with Gasteiger partial charge in [0.2, 0.25) is 0 Å². The van der Waals surface area contributed by atoms with E-state index in [4.69, 9.17) is 4.74 Å². The fraction of sp³-hybridized carbons (Fsp3) is 0.273. The Kier molecular flexibility index (Phi) is 5.57. The highest BCUT2D eigenvalue weighted by molar-refractivity contribution is 5.44. The van der Waals surface area contributed by atoms with E-state index in [1.807, 2.05) is 17.0 Å². The maximum atomic E-state index is 13.0. The molecule has 0 spiro atoms. The molecule has 1 aromatic carbocycles. The first kappa shape index (κ1) is 19.1. The molecule has 1 N–H and O–H groups in total. The van der Waals surface area contributed by atoms with E-state index < -0.39 is 0 Å². The van der Waals surface area contributed by atoms with E-state index in [-0.39, 0.29) is 24.1 Å². The Morgan fingerprint density at radius 2 is 2.00 bits per heavy atom. The Hall–Kier alpha value is -3.19. The van der Waals surface area contributed by atoms with Crippen molar-refractivity contribution in [3.63, 3.8) is 0 Å². The molecule has 0 bridgehead atoms. The molecule has 4 rings (SSSR count). The summed E-state index contributed by atoms with van der Waals surface area (Å²) >= 11 is 0. The third-order valence-corrected chi connectivity index (χ3v) is 4.94. The summed E-state index contributed by atoms with van der Waals surface area (Å²) in [6, 6.07) is 12.9. The van der Waals surface area contributed by atoms with Gasteiger partial charge in [0.15, 0.2) is 0 Å². The monoisotopic (exact) mass is 395 g/mol. The van der Waals surface area contributed by atoms with Gasteiger partial charge in [-0.25, -0.2) is 9.37 Å². The molecule has 1 aliphatic heterocycles. The summed E-state index contributed by atoms with van der Waals surface area (Å²) in [6.07, 6.45) is 4.72. The lowest BCUT2D eigenvalue weighted by Gasteiger charge is -2.31. The van der Waals surface area contributed by atoms with Crippen LogP contribution in [0.3, 0.4) is 0 Å². The highest BCUT2D eigenvalue weighted by atomic mass is 19.1. The van der Waals surface area contributed by atoms with Gasteiger partial charge in [0.05, 0.1) is 18.0 Å². The third-order valence-electron chi connectivity index (χ3n) is 4.94. The Morgan fingerprint density at radius 1 is 1.17 bits per heavy atom. The molecule has 0 radical (unpaired) electrons. The van der Waals surface area contributed by atoms with Crippen LogP contribution in [0.5, 0.6) is 5.75 Å². The zero-order valence-electron chi connectivity index (χ0n) is 15.9. The number of rotatable bonds is 5. The van der Waals surface area contributed by atoms with Crippen LogP contribution in [0.1, 0.15) is 18.4 Å². The van der Waals surface area contributed by atoms with Gasteiger partial charge < -0.3 is 14.7 Å². The molecule has 0 saturated carbocycles. The quantitative estimate of drug-likeness (QED) is 0.720. The third kappa shape index (κ3) is 4.63. The number of aromatic nitrogens is 2. The minimum Gasteiger partial charge on any atom is -0.489 e. The van der Waals surface area contributed by atoms with Crippen LogP contribution >= 0.6 is 0 Å². The van der Waals surface area contributed by atoms with Crippen molar-refractivity contribution in [1.82, 2.24) is 9.55 Å². The molecule has 1 atom stereocenters. The van der Waals surface area contributed by atoms with Crippen molar-refractivity contribution in [3.05, 3.63) is 82.7 Å². The summed E-state index contributed by atoms with van der Waals surface area (Å²) in [7, 11) is 0. The van der Waals surface area contributed by atoms with E-state index in [1.54, 1.807) is 30.6 Å². The maximum Gasteiger partial charge on any atom is 0.258 e. The second-order valence-corrected chi connectivity index (χ2v) is 7.10. The smallest absolute Gasteiger partial charge is 0.258 e. The molecule has 1 aliphatic rings. The molecule has 0 unspecified atom stereocenters. The second kappa shape index (κ2) is 8.45. The van der Waals surface area contributed by atoms with Gasteiger partial charge in [-0.15, -0.1) is 0 Å². The number of aliphatic hydroxyl groups excluding tert-OH is 1. The lowest BCUT2D eigenvalue weighted by atomic mass is 10.1. The second-order valence-electron chi connectivity index (χ2n) is 7.10. The Balaban J connectivity index is 1.44. The van der Waals surface area contributed by atoms with Crippen molar-refractivity contribution in [1.29, 1.82) is 0 Å². The number of anilines is 1. The van der Waals surface area contributed by atoms with Crippen molar-refractivity contribution < 1.29 is 14.2 Å². The number of hydrogen-bond donors (Lipinski definition) is 1. The van der Waals surface area contributed by atoms with E-state index in [0.717, 1.165) is 30.8 Å². The SMILES string of the molecule is O=c1cc(OCc2ccc(F)cc2)ccn1-c1ccc(N2CCC[C@@H](O)C2)nc1. The maximum absolute atomic E-state index is 13.0. The number of β-amino-alcohol motifs (C(OH)–C–C–N with tert-alkyl or cyclic N) is 1. The van der Waals surface area contributed by atoms with E-state index in [0.29, 0.717) is 18.0 Å². The van der Waals surface area contributed by atoms with Gasteiger partial charge in [-0.1, -0.05) is 12.1 Å². The highest BCUT2D eigenvalue weighted by Gasteiger charge is 2.18. The Morgan fingerprint density at radius 3 is 2.69 bits per heavy atom. The van der Waals surface area contributed by atoms with Crippen molar-refractivity contribution in [3.8, 4) is 11.4 Å². The van der Waals surface area contributed by atoms with Crippen molar-refractivity contribution >= 4 is 5.82 Å². The van der Waals surface area contributed by atoms with Gasteiger partial charge >= 0.3 is 0 Å².